The molecule has 1 aromatic carbocycles. The largest absolute Gasteiger partial charge is 0.475 e. The molecule has 0 spiro atoms. The van der Waals surface area contributed by atoms with Crippen molar-refractivity contribution < 1.29 is 13.9 Å². The van der Waals surface area contributed by atoms with Crippen LogP contribution in [-0.4, -0.2) is 40.7 Å². The maximum absolute atomic E-state index is 14.6. The van der Waals surface area contributed by atoms with Crippen LogP contribution in [-0.2, 0) is 0 Å². The molecule has 5 nitrogen and oxygen atoms in total. The highest BCUT2D eigenvalue weighted by Crippen LogP contribution is 2.19. The van der Waals surface area contributed by atoms with Crippen LogP contribution in [0, 0.1) is 5.82 Å². The van der Waals surface area contributed by atoms with Gasteiger partial charge in [-0.1, -0.05) is 18.7 Å². The van der Waals surface area contributed by atoms with Crippen molar-refractivity contribution in [2.24, 2.45) is 4.99 Å². The highest BCUT2D eigenvalue weighted by atomic mass is 79.9. The highest BCUT2D eigenvalue weighted by molar-refractivity contribution is 9.10. The van der Waals surface area contributed by atoms with Gasteiger partial charge >= 0.3 is 0 Å². The first-order valence-corrected chi connectivity index (χ1v) is 10.3. The molecule has 0 bridgehead atoms. The summed E-state index contributed by atoms with van der Waals surface area (Å²) in [6, 6.07) is 7.79. The third-order valence-electron chi connectivity index (χ3n) is 4.40. The minimum absolute atomic E-state index is 0.192. The molecule has 30 heavy (non-hydrogen) atoms. The van der Waals surface area contributed by atoms with Crippen LogP contribution in [0.5, 0.6) is 5.88 Å². The summed E-state index contributed by atoms with van der Waals surface area (Å²) in [5, 5.41) is 0. The second kappa shape index (κ2) is 11.4. The number of aliphatic imine (C=N–C) groups is 1. The molecule has 2 rings (SSSR count). The number of hydrogen-bond acceptors (Lipinski definition) is 4. The van der Waals surface area contributed by atoms with E-state index in [1.54, 1.807) is 42.3 Å². The van der Waals surface area contributed by atoms with Crippen molar-refractivity contribution in [2.45, 2.75) is 26.8 Å². The number of likely N-dealkylation sites (N-methyl/N-ethyl adjacent to an activating group) is 1. The fourth-order valence-corrected chi connectivity index (χ4v) is 3.14. The second-order valence-corrected chi connectivity index (χ2v) is 7.44. The van der Waals surface area contributed by atoms with E-state index in [2.05, 4.69) is 32.5 Å². The fraction of sp³-hybridized carbons (Fsp3) is 0.261. The van der Waals surface area contributed by atoms with E-state index >= 15 is 0 Å². The second-order valence-electron chi connectivity index (χ2n) is 6.52. The van der Waals surface area contributed by atoms with Gasteiger partial charge < -0.3 is 9.64 Å². The van der Waals surface area contributed by atoms with E-state index in [1.807, 2.05) is 19.9 Å². The summed E-state index contributed by atoms with van der Waals surface area (Å²) in [7, 11) is 0. The van der Waals surface area contributed by atoms with Crippen molar-refractivity contribution in [3.05, 3.63) is 82.9 Å². The van der Waals surface area contributed by atoms with Crippen LogP contribution < -0.4 is 4.74 Å². The molecule has 0 N–H and O–H groups in total. The molecule has 0 fully saturated rings. The average Bonchev–Trinajstić information content (AvgIpc) is 2.73. The summed E-state index contributed by atoms with van der Waals surface area (Å²) in [5.74, 6) is -0.306. The first kappa shape index (κ1) is 23.5. The number of carbonyl (C=O) groups is 1. The number of hydrogen-bond donors (Lipinski definition) is 0. The summed E-state index contributed by atoms with van der Waals surface area (Å²) in [5.41, 5.74) is 0.865. The zero-order valence-electron chi connectivity index (χ0n) is 17.3. The first-order chi connectivity index (χ1) is 14.4. The van der Waals surface area contributed by atoms with Gasteiger partial charge in [0.05, 0.1) is 11.6 Å². The molecule has 0 saturated heterocycles. The molecule has 0 aliphatic rings. The van der Waals surface area contributed by atoms with Gasteiger partial charge in [0.1, 0.15) is 12.4 Å². The van der Waals surface area contributed by atoms with Gasteiger partial charge in [0, 0.05) is 40.8 Å². The molecule has 1 aromatic heterocycles. The maximum Gasteiger partial charge on any atom is 0.254 e. The molecule has 1 unspecified atom stereocenters. The minimum atomic E-state index is -0.492. The Balaban J connectivity index is 2.25. The third-order valence-corrected chi connectivity index (χ3v) is 4.87. The Morgan fingerprint density at radius 1 is 1.40 bits per heavy atom. The van der Waals surface area contributed by atoms with E-state index in [0.717, 1.165) is 4.47 Å². The molecule has 0 aliphatic heterocycles. The van der Waals surface area contributed by atoms with Crippen molar-refractivity contribution in [1.29, 1.82) is 0 Å². The lowest BCUT2D eigenvalue weighted by molar-refractivity contribution is 0.0645. The van der Waals surface area contributed by atoms with Gasteiger partial charge in [-0.25, -0.2) is 9.37 Å². The van der Waals surface area contributed by atoms with Crippen molar-refractivity contribution in [3.63, 3.8) is 0 Å². The quantitative estimate of drug-likeness (QED) is 0.360. The molecule has 0 aliphatic carbocycles. The van der Waals surface area contributed by atoms with Gasteiger partial charge in [-0.15, -0.1) is 0 Å². The topological polar surface area (TPSA) is 54.8 Å². The van der Waals surface area contributed by atoms with Crippen LogP contribution in [0.4, 0.5) is 4.39 Å². The molecule has 0 saturated carbocycles. The summed E-state index contributed by atoms with van der Waals surface area (Å²) < 4.78 is 21.2. The number of pyridine rings is 1. The highest BCUT2D eigenvalue weighted by Gasteiger charge is 2.25. The van der Waals surface area contributed by atoms with Crippen molar-refractivity contribution in [2.75, 3.05) is 13.2 Å². The molecule has 7 heteroatoms. The lowest BCUT2D eigenvalue weighted by atomic mass is 10.0. The van der Waals surface area contributed by atoms with Crippen molar-refractivity contribution in [1.82, 2.24) is 9.88 Å². The summed E-state index contributed by atoms with van der Waals surface area (Å²) in [4.78, 5) is 23.3. The van der Waals surface area contributed by atoms with E-state index in [1.165, 1.54) is 18.3 Å². The predicted molar refractivity (Wildman–Crippen MR) is 122 cm³/mol. The molecular formula is C23H25BrFN3O2. The third kappa shape index (κ3) is 6.10. The number of aromatic nitrogens is 1. The monoisotopic (exact) mass is 473 g/mol. The van der Waals surface area contributed by atoms with E-state index < -0.39 is 5.82 Å². The number of nitrogens with zero attached hydrogens (tertiary/aromatic N) is 3. The Bertz CT molecular complexity index is 942. The fourth-order valence-electron chi connectivity index (χ4n) is 2.90. The Labute approximate surface area is 185 Å². The van der Waals surface area contributed by atoms with Gasteiger partial charge in [0.25, 0.3) is 5.91 Å². The summed E-state index contributed by atoms with van der Waals surface area (Å²) in [6.07, 6.45) is 6.37. The molecule has 2 aromatic rings. The molecule has 158 valence electrons. The lowest BCUT2D eigenvalue weighted by Crippen LogP contribution is -2.42. The minimum Gasteiger partial charge on any atom is -0.475 e. The van der Waals surface area contributed by atoms with E-state index in [4.69, 9.17) is 4.74 Å². The van der Waals surface area contributed by atoms with Gasteiger partial charge in [0.2, 0.25) is 5.88 Å². The van der Waals surface area contributed by atoms with Crippen molar-refractivity contribution >= 4 is 27.5 Å². The van der Waals surface area contributed by atoms with E-state index in [0.29, 0.717) is 18.1 Å². The number of amides is 1. The Morgan fingerprint density at radius 3 is 2.80 bits per heavy atom. The summed E-state index contributed by atoms with van der Waals surface area (Å²) >= 11 is 3.33. The van der Waals surface area contributed by atoms with Crippen LogP contribution in [0.1, 0.15) is 36.7 Å². The van der Waals surface area contributed by atoms with Crippen LogP contribution in [0.25, 0.3) is 0 Å². The number of carbonyl (C=O) groups excluding carboxylic acids is 1. The smallest absolute Gasteiger partial charge is 0.254 e. The zero-order valence-corrected chi connectivity index (χ0v) is 18.9. The lowest BCUT2D eigenvalue weighted by Gasteiger charge is -2.28. The van der Waals surface area contributed by atoms with E-state index in [9.17, 15) is 9.18 Å². The number of ether oxygens (including phenoxy) is 1. The standard InChI is InChI=1S/C23H25BrFN3O2/c1-5-7-13-26-17(4)22-19(9-8-10-20(22)25)23(29)28(6-2)16(3)15-30-21-12-11-18(24)14-27-21/h5,7-14,16H,1,6,15H2,2-4H3/b13-7-,26-17?. The number of rotatable bonds is 9. The normalized spacial score (nSPS) is 12.6. The first-order valence-electron chi connectivity index (χ1n) is 9.55. The van der Waals surface area contributed by atoms with Crippen LogP contribution >= 0.6 is 15.9 Å². The zero-order chi connectivity index (χ0) is 22.1. The maximum atomic E-state index is 14.6. The molecular weight excluding hydrogens is 449 g/mol. The van der Waals surface area contributed by atoms with Gasteiger partial charge in [-0.05, 0) is 61.0 Å². The van der Waals surface area contributed by atoms with Crippen LogP contribution in [0.2, 0.25) is 0 Å². The molecule has 1 amide bonds. The average molecular weight is 474 g/mol. The number of allylic oxidation sites excluding steroid dienone is 2. The van der Waals surface area contributed by atoms with Gasteiger partial charge in [-0.3, -0.25) is 9.79 Å². The van der Waals surface area contributed by atoms with Crippen LogP contribution in [0.15, 0.2) is 70.9 Å². The Morgan fingerprint density at radius 2 is 2.17 bits per heavy atom. The van der Waals surface area contributed by atoms with Gasteiger partial charge in [0.15, 0.2) is 0 Å². The number of benzene rings is 1. The number of halogens is 2. The molecule has 1 atom stereocenters. The Hall–Kier alpha value is -2.80. The predicted octanol–water partition coefficient (Wildman–Crippen LogP) is 5.42. The molecule has 0 radical (unpaired) electrons. The Kier molecular flexibility index (Phi) is 8.92. The van der Waals surface area contributed by atoms with Crippen LogP contribution in [0.3, 0.4) is 0 Å². The van der Waals surface area contributed by atoms with E-state index in [-0.39, 0.29) is 29.7 Å². The SMILES string of the molecule is C=C/C=C\N=C(C)c1c(F)cccc1C(=O)N(CC)C(C)COc1ccc(Br)cn1. The summed E-state index contributed by atoms with van der Waals surface area (Å²) in [6.45, 7) is 9.71. The van der Waals surface area contributed by atoms with Gasteiger partial charge in [-0.2, -0.15) is 0 Å². The van der Waals surface area contributed by atoms with Crippen molar-refractivity contribution in [3.8, 4) is 5.88 Å². The molecule has 1 heterocycles.